The van der Waals surface area contributed by atoms with E-state index in [2.05, 4.69) is 26.1 Å². The molecule has 1 saturated heterocycles. The van der Waals surface area contributed by atoms with Gasteiger partial charge in [-0.3, -0.25) is 0 Å². The molecule has 0 saturated carbocycles. The Morgan fingerprint density at radius 3 is 2.00 bits per heavy atom. The minimum Gasteiger partial charge on any atom is -0.309 e. The summed E-state index contributed by atoms with van der Waals surface area (Å²) in [5.41, 5.74) is 0.0891. The standard InChI is InChI=1S/C9H19NO2S/c1-9(2,3)10-8-4-6-13(11,12)7-5-8/h8,10H,4-7H2,1-3H3. The van der Waals surface area contributed by atoms with Crippen LogP contribution in [0, 0.1) is 0 Å². The van der Waals surface area contributed by atoms with Gasteiger partial charge >= 0.3 is 0 Å². The molecule has 0 aromatic rings. The van der Waals surface area contributed by atoms with Crippen molar-refractivity contribution in [3.8, 4) is 0 Å². The largest absolute Gasteiger partial charge is 0.309 e. The third-order valence-corrected chi connectivity index (χ3v) is 3.91. The first-order chi connectivity index (χ1) is 5.79. The lowest BCUT2D eigenvalue weighted by Gasteiger charge is -2.30. The Bertz CT molecular complexity index is 250. The van der Waals surface area contributed by atoms with Crippen molar-refractivity contribution in [1.82, 2.24) is 5.32 Å². The summed E-state index contributed by atoms with van der Waals surface area (Å²) in [5.74, 6) is 0.696. The van der Waals surface area contributed by atoms with E-state index in [-0.39, 0.29) is 5.54 Å². The van der Waals surface area contributed by atoms with Crippen LogP contribution in [-0.4, -0.2) is 31.5 Å². The van der Waals surface area contributed by atoms with Gasteiger partial charge < -0.3 is 5.32 Å². The van der Waals surface area contributed by atoms with Crippen LogP contribution in [-0.2, 0) is 9.84 Å². The maximum atomic E-state index is 11.1. The zero-order valence-electron chi connectivity index (χ0n) is 8.63. The van der Waals surface area contributed by atoms with E-state index in [1.807, 2.05) is 0 Å². The Kier molecular flexibility index (Phi) is 3.02. The summed E-state index contributed by atoms with van der Waals surface area (Å²) < 4.78 is 22.3. The highest BCUT2D eigenvalue weighted by Gasteiger charge is 2.25. The van der Waals surface area contributed by atoms with Crippen molar-refractivity contribution in [2.75, 3.05) is 11.5 Å². The molecule has 1 N–H and O–H groups in total. The van der Waals surface area contributed by atoms with Gasteiger partial charge in [-0.2, -0.15) is 0 Å². The lowest BCUT2D eigenvalue weighted by Crippen LogP contribution is -2.47. The van der Waals surface area contributed by atoms with Crippen molar-refractivity contribution in [2.45, 2.75) is 45.2 Å². The van der Waals surface area contributed by atoms with Gasteiger partial charge in [0.25, 0.3) is 0 Å². The molecule has 13 heavy (non-hydrogen) atoms. The van der Waals surface area contributed by atoms with Gasteiger partial charge in [0.15, 0.2) is 0 Å². The molecule has 1 aliphatic heterocycles. The fraction of sp³-hybridized carbons (Fsp3) is 1.00. The molecule has 0 unspecified atom stereocenters. The van der Waals surface area contributed by atoms with Crippen LogP contribution in [0.1, 0.15) is 33.6 Å². The Balaban J connectivity index is 2.43. The lowest BCUT2D eigenvalue weighted by atomic mass is 10.0. The summed E-state index contributed by atoms with van der Waals surface area (Å²) in [7, 11) is -2.71. The summed E-state index contributed by atoms with van der Waals surface area (Å²) in [5, 5.41) is 3.43. The van der Waals surface area contributed by atoms with Crippen LogP contribution in [0.5, 0.6) is 0 Å². The van der Waals surface area contributed by atoms with Crippen LogP contribution >= 0.6 is 0 Å². The Hall–Kier alpha value is -0.0900. The maximum Gasteiger partial charge on any atom is 0.150 e. The fourth-order valence-electron chi connectivity index (χ4n) is 1.65. The Morgan fingerprint density at radius 2 is 1.62 bits per heavy atom. The number of sulfone groups is 1. The number of hydrogen-bond donors (Lipinski definition) is 1. The molecular weight excluding hydrogens is 186 g/mol. The van der Waals surface area contributed by atoms with Gasteiger partial charge in [0.2, 0.25) is 0 Å². The van der Waals surface area contributed by atoms with Crippen molar-refractivity contribution in [3.05, 3.63) is 0 Å². The van der Waals surface area contributed by atoms with Crippen LogP contribution in [0.3, 0.4) is 0 Å². The predicted molar refractivity (Wildman–Crippen MR) is 54.6 cm³/mol. The third kappa shape index (κ3) is 4.09. The molecule has 1 fully saturated rings. The van der Waals surface area contributed by atoms with Crippen LogP contribution in [0.4, 0.5) is 0 Å². The van der Waals surface area contributed by atoms with Gasteiger partial charge in [-0.05, 0) is 33.6 Å². The first kappa shape index (κ1) is 11.0. The fourth-order valence-corrected chi connectivity index (χ4v) is 3.14. The minimum atomic E-state index is -2.71. The van der Waals surface area contributed by atoms with Crippen molar-refractivity contribution in [3.63, 3.8) is 0 Å². The average molecular weight is 205 g/mol. The molecule has 0 bridgehead atoms. The minimum absolute atomic E-state index is 0.0891. The lowest BCUT2D eigenvalue weighted by molar-refractivity contribution is 0.340. The van der Waals surface area contributed by atoms with E-state index in [0.717, 1.165) is 12.8 Å². The Morgan fingerprint density at radius 1 is 1.15 bits per heavy atom. The molecule has 0 atom stereocenters. The van der Waals surface area contributed by atoms with E-state index in [1.165, 1.54) is 0 Å². The summed E-state index contributed by atoms with van der Waals surface area (Å²) in [6, 6.07) is 0.378. The average Bonchev–Trinajstić information content (AvgIpc) is 1.91. The number of rotatable bonds is 1. The van der Waals surface area contributed by atoms with Gasteiger partial charge in [-0.1, -0.05) is 0 Å². The van der Waals surface area contributed by atoms with E-state index in [1.54, 1.807) is 0 Å². The van der Waals surface area contributed by atoms with Crippen LogP contribution < -0.4 is 5.32 Å². The first-order valence-electron chi connectivity index (χ1n) is 4.77. The summed E-state index contributed by atoms with van der Waals surface area (Å²) in [6.45, 7) is 6.32. The number of hydrogen-bond acceptors (Lipinski definition) is 3. The van der Waals surface area contributed by atoms with Gasteiger partial charge in [0.1, 0.15) is 9.84 Å². The van der Waals surface area contributed by atoms with Gasteiger partial charge in [-0.15, -0.1) is 0 Å². The molecule has 3 nitrogen and oxygen atoms in total. The normalized spacial score (nSPS) is 24.5. The summed E-state index contributed by atoms with van der Waals surface area (Å²) >= 11 is 0. The second kappa shape index (κ2) is 3.58. The second-order valence-corrected chi connectivity index (χ2v) is 7.12. The topological polar surface area (TPSA) is 46.2 Å². The van der Waals surface area contributed by atoms with Gasteiger partial charge in [0, 0.05) is 11.6 Å². The van der Waals surface area contributed by atoms with E-state index in [4.69, 9.17) is 0 Å². The number of nitrogens with one attached hydrogen (secondary N) is 1. The predicted octanol–water partition coefficient (Wildman–Crippen LogP) is 0.952. The van der Waals surface area contributed by atoms with E-state index < -0.39 is 9.84 Å². The van der Waals surface area contributed by atoms with Crippen molar-refractivity contribution >= 4 is 9.84 Å². The highest BCUT2D eigenvalue weighted by atomic mass is 32.2. The maximum absolute atomic E-state index is 11.1. The van der Waals surface area contributed by atoms with Crippen molar-refractivity contribution in [1.29, 1.82) is 0 Å². The molecule has 0 radical (unpaired) electrons. The molecule has 4 heteroatoms. The third-order valence-electron chi connectivity index (χ3n) is 2.19. The monoisotopic (exact) mass is 205 g/mol. The molecule has 78 valence electrons. The van der Waals surface area contributed by atoms with Crippen LogP contribution in [0.25, 0.3) is 0 Å². The molecule has 0 aromatic heterocycles. The summed E-state index contributed by atoms with van der Waals surface area (Å²) in [4.78, 5) is 0. The molecule has 0 amide bonds. The van der Waals surface area contributed by atoms with Gasteiger partial charge in [-0.25, -0.2) is 8.42 Å². The summed E-state index contributed by atoms with van der Waals surface area (Å²) in [6.07, 6.45) is 1.53. The van der Waals surface area contributed by atoms with Gasteiger partial charge in [0.05, 0.1) is 11.5 Å². The quantitative estimate of drug-likeness (QED) is 0.693. The second-order valence-electron chi connectivity index (χ2n) is 4.82. The van der Waals surface area contributed by atoms with E-state index in [9.17, 15) is 8.42 Å². The first-order valence-corrected chi connectivity index (χ1v) is 6.59. The molecule has 1 aliphatic rings. The highest BCUT2D eigenvalue weighted by Crippen LogP contribution is 2.15. The Labute approximate surface area is 80.8 Å². The zero-order chi connectivity index (χ0) is 10.1. The molecule has 0 aromatic carbocycles. The smallest absolute Gasteiger partial charge is 0.150 e. The van der Waals surface area contributed by atoms with E-state index in [0.29, 0.717) is 17.5 Å². The molecule has 0 aliphatic carbocycles. The molecule has 0 spiro atoms. The van der Waals surface area contributed by atoms with E-state index >= 15 is 0 Å². The highest BCUT2D eigenvalue weighted by molar-refractivity contribution is 7.91. The molecular formula is C9H19NO2S. The zero-order valence-corrected chi connectivity index (χ0v) is 9.45. The van der Waals surface area contributed by atoms with Crippen LogP contribution in [0.15, 0.2) is 0 Å². The molecule has 1 rings (SSSR count). The van der Waals surface area contributed by atoms with Crippen molar-refractivity contribution in [2.24, 2.45) is 0 Å². The molecule has 1 heterocycles. The van der Waals surface area contributed by atoms with Crippen molar-refractivity contribution < 1.29 is 8.42 Å². The SMILES string of the molecule is CC(C)(C)NC1CCS(=O)(=O)CC1. The van der Waals surface area contributed by atoms with Crippen LogP contribution in [0.2, 0.25) is 0 Å².